The third kappa shape index (κ3) is 5.38. The SMILES string of the molecule is CCOCCNC(=NC)NCc1ccccc1Cl. The van der Waals surface area contributed by atoms with E-state index in [0.29, 0.717) is 13.2 Å². The Balaban J connectivity index is 2.34. The van der Waals surface area contributed by atoms with Crippen LogP contribution in [0.2, 0.25) is 5.02 Å². The van der Waals surface area contributed by atoms with Crippen molar-refractivity contribution < 1.29 is 4.74 Å². The van der Waals surface area contributed by atoms with Crippen molar-refractivity contribution in [2.24, 2.45) is 4.99 Å². The first-order valence-electron chi connectivity index (χ1n) is 6.03. The molecule has 0 unspecified atom stereocenters. The number of benzene rings is 1. The van der Waals surface area contributed by atoms with Gasteiger partial charge in [0.05, 0.1) is 6.61 Å². The van der Waals surface area contributed by atoms with Crippen LogP contribution in [0.4, 0.5) is 0 Å². The highest BCUT2D eigenvalue weighted by Crippen LogP contribution is 2.13. The number of nitrogens with one attached hydrogen (secondary N) is 2. The molecule has 0 bridgehead atoms. The van der Waals surface area contributed by atoms with Gasteiger partial charge in [0.25, 0.3) is 0 Å². The molecule has 5 heteroatoms. The molecule has 0 atom stereocenters. The summed E-state index contributed by atoms with van der Waals surface area (Å²) in [5, 5.41) is 7.13. The van der Waals surface area contributed by atoms with Crippen molar-refractivity contribution >= 4 is 17.6 Å². The van der Waals surface area contributed by atoms with Gasteiger partial charge in [-0.25, -0.2) is 0 Å². The first-order valence-corrected chi connectivity index (χ1v) is 6.41. The van der Waals surface area contributed by atoms with E-state index < -0.39 is 0 Å². The van der Waals surface area contributed by atoms with E-state index in [-0.39, 0.29) is 0 Å². The van der Waals surface area contributed by atoms with Crippen LogP contribution in [0.15, 0.2) is 29.3 Å². The van der Waals surface area contributed by atoms with E-state index >= 15 is 0 Å². The molecule has 0 amide bonds. The standard InChI is InChI=1S/C13H20ClN3O/c1-3-18-9-8-16-13(15-2)17-10-11-6-4-5-7-12(11)14/h4-7H,3,8-10H2,1-2H3,(H2,15,16,17). The third-order valence-corrected chi connectivity index (χ3v) is 2.74. The summed E-state index contributed by atoms with van der Waals surface area (Å²) in [6.07, 6.45) is 0. The summed E-state index contributed by atoms with van der Waals surface area (Å²) in [4.78, 5) is 4.13. The zero-order valence-electron chi connectivity index (χ0n) is 10.9. The second kappa shape index (κ2) is 8.78. The van der Waals surface area contributed by atoms with Gasteiger partial charge in [-0.15, -0.1) is 0 Å². The third-order valence-electron chi connectivity index (χ3n) is 2.37. The second-order valence-corrected chi connectivity index (χ2v) is 4.05. The maximum atomic E-state index is 6.08. The Bertz CT molecular complexity index is 382. The van der Waals surface area contributed by atoms with Crippen molar-refractivity contribution in [3.05, 3.63) is 34.9 Å². The lowest BCUT2D eigenvalue weighted by Gasteiger charge is -2.12. The first kappa shape index (κ1) is 14.8. The molecule has 0 aliphatic carbocycles. The largest absolute Gasteiger partial charge is 0.380 e. The van der Waals surface area contributed by atoms with E-state index in [2.05, 4.69) is 15.6 Å². The molecule has 2 N–H and O–H groups in total. The topological polar surface area (TPSA) is 45.6 Å². The second-order valence-electron chi connectivity index (χ2n) is 3.64. The highest BCUT2D eigenvalue weighted by Gasteiger charge is 2.00. The molecule has 0 radical (unpaired) electrons. The van der Waals surface area contributed by atoms with Gasteiger partial charge in [0.1, 0.15) is 0 Å². The van der Waals surface area contributed by atoms with Crippen molar-refractivity contribution in [3.8, 4) is 0 Å². The van der Waals surface area contributed by atoms with Crippen LogP contribution in [0.25, 0.3) is 0 Å². The molecule has 1 rings (SSSR count). The lowest BCUT2D eigenvalue weighted by Crippen LogP contribution is -2.38. The van der Waals surface area contributed by atoms with E-state index in [1.165, 1.54) is 0 Å². The van der Waals surface area contributed by atoms with Crippen LogP contribution in [0.5, 0.6) is 0 Å². The normalized spacial score (nSPS) is 11.4. The van der Waals surface area contributed by atoms with E-state index in [1.54, 1.807) is 7.05 Å². The van der Waals surface area contributed by atoms with Crippen molar-refractivity contribution in [1.82, 2.24) is 10.6 Å². The van der Waals surface area contributed by atoms with E-state index in [1.807, 2.05) is 31.2 Å². The van der Waals surface area contributed by atoms with Gasteiger partial charge in [-0.3, -0.25) is 4.99 Å². The molecule has 0 aliphatic heterocycles. The Kier molecular flexibility index (Phi) is 7.22. The van der Waals surface area contributed by atoms with Crippen LogP contribution >= 0.6 is 11.6 Å². The molecular formula is C13H20ClN3O. The maximum Gasteiger partial charge on any atom is 0.191 e. The number of ether oxygens (including phenoxy) is 1. The van der Waals surface area contributed by atoms with Crippen LogP contribution in [0.3, 0.4) is 0 Å². The molecule has 1 aromatic carbocycles. The monoisotopic (exact) mass is 269 g/mol. The van der Waals surface area contributed by atoms with Crippen molar-refractivity contribution in [2.75, 3.05) is 26.8 Å². The molecule has 18 heavy (non-hydrogen) atoms. The van der Waals surface area contributed by atoms with Crippen LogP contribution in [0, 0.1) is 0 Å². The number of halogens is 1. The molecule has 100 valence electrons. The number of aliphatic imine (C=N–C) groups is 1. The van der Waals surface area contributed by atoms with Crippen LogP contribution in [-0.2, 0) is 11.3 Å². The predicted octanol–water partition coefficient (Wildman–Crippen LogP) is 2.04. The number of hydrogen-bond acceptors (Lipinski definition) is 2. The quantitative estimate of drug-likeness (QED) is 0.472. The van der Waals surface area contributed by atoms with Crippen molar-refractivity contribution in [2.45, 2.75) is 13.5 Å². The number of guanidine groups is 1. The predicted molar refractivity (Wildman–Crippen MR) is 76.1 cm³/mol. The minimum atomic E-state index is 0.647. The summed E-state index contributed by atoms with van der Waals surface area (Å²) >= 11 is 6.08. The summed E-state index contributed by atoms with van der Waals surface area (Å²) in [5.74, 6) is 0.745. The highest BCUT2D eigenvalue weighted by molar-refractivity contribution is 6.31. The van der Waals surface area contributed by atoms with Gasteiger partial charge in [0.15, 0.2) is 5.96 Å². The van der Waals surface area contributed by atoms with E-state index in [9.17, 15) is 0 Å². The molecule has 0 aromatic heterocycles. The van der Waals surface area contributed by atoms with Gasteiger partial charge in [-0.1, -0.05) is 29.8 Å². The number of rotatable bonds is 6. The molecule has 0 aliphatic rings. The molecule has 0 fully saturated rings. The van der Waals surface area contributed by atoms with Crippen LogP contribution in [-0.4, -0.2) is 32.8 Å². The van der Waals surface area contributed by atoms with Gasteiger partial charge in [0, 0.05) is 31.8 Å². The average molecular weight is 270 g/mol. The lowest BCUT2D eigenvalue weighted by atomic mass is 10.2. The van der Waals surface area contributed by atoms with Gasteiger partial charge in [-0.2, -0.15) is 0 Å². The molecule has 1 aromatic rings. The number of nitrogens with zero attached hydrogens (tertiary/aromatic N) is 1. The summed E-state index contributed by atoms with van der Waals surface area (Å²) in [5.41, 5.74) is 1.05. The molecular weight excluding hydrogens is 250 g/mol. The Morgan fingerprint density at radius 1 is 1.33 bits per heavy atom. The summed E-state index contributed by atoms with van der Waals surface area (Å²) in [6, 6.07) is 7.75. The Morgan fingerprint density at radius 2 is 2.11 bits per heavy atom. The number of hydrogen-bond donors (Lipinski definition) is 2. The van der Waals surface area contributed by atoms with Gasteiger partial charge in [-0.05, 0) is 18.6 Å². The first-order chi connectivity index (χ1) is 8.77. The minimum Gasteiger partial charge on any atom is -0.380 e. The zero-order chi connectivity index (χ0) is 13.2. The Labute approximate surface area is 113 Å². The minimum absolute atomic E-state index is 0.647. The zero-order valence-corrected chi connectivity index (χ0v) is 11.6. The highest BCUT2D eigenvalue weighted by atomic mass is 35.5. The Hall–Kier alpha value is -1.26. The smallest absolute Gasteiger partial charge is 0.191 e. The maximum absolute atomic E-state index is 6.08. The van der Waals surface area contributed by atoms with E-state index in [4.69, 9.17) is 16.3 Å². The molecule has 0 spiro atoms. The summed E-state index contributed by atoms with van der Waals surface area (Å²) < 4.78 is 5.24. The molecule has 4 nitrogen and oxygen atoms in total. The lowest BCUT2D eigenvalue weighted by molar-refractivity contribution is 0.152. The van der Waals surface area contributed by atoms with Gasteiger partial charge < -0.3 is 15.4 Å². The van der Waals surface area contributed by atoms with Gasteiger partial charge >= 0.3 is 0 Å². The average Bonchev–Trinajstić information content (AvgIpc) is 2.40. The van der Waals surface area contributed by atoms with Crippen LogP contribution in [0.1, 0.15) is 12.5 Å². The fourth-order valence-electron chi connectivity index (χ4n) is 1.43. The van der Waals surface area contributed by atoms with Crippen LogP contribution < -0.4 is 10.6 Å². The molecule has 0 heterocycles. The fraction of sp³-hybridized carbons (Fsp3) is 0.462. The van der Waals surface area contributed by atoms with Gasteiger partial charge in [0.2, 0.25) is 0 Å². The fourth-order valence-corrected chi connectivity index (χ4v) is 1.63. The summed E-state index contributed by atoms with van der Waals surface area (Å²) in [7, 11) is 1.74. The Morgan fingerprint density at radius 3 is 2.78 bits per heavy atom. The summed E-state index contributed by atoms with van der Waals surface area (Å²) in [6.45, 7) is 4.76. The molecule has 0 saturated heterocycles. The van der Waals surface area contributed by atoms with Crippen molar-refractivity contribution in [3.63, 3.8) is 0 Å². The van der Waals surface area contributed by atoms with E-state index in [0.717, 1.165) is 29.7 Å². The molecule has 0 saturated carbocycles. The van der Waals surface area contributed by atoms with Crippen molar-refractivity contribution in [1.29, 1.82) is 0 Å².